The Morgan fingerprint density at radius 3 is 2.65 bits per heavy atom. The molecule has 3 rings (SSSR count). The van der Waals surface area contributed by atoms with E-state index in [0.29, 0.717) is 5.69 Å². The number of hydrogen-bond acceptors (Lipinski definition) is 3. The van der Waals surface area contributed by atoms with Gasteiger partial charge >= 0.3 is 0 Å². The highest BCUT2D eigenvalue weighted by Gasteiger charge is 2.19. The lowest BCUT2D eigenvalue weighted by Gasteiger charge is -2.08. The lowest BCUT2D eigenvalue weighted by molar-refractivity contribution is -0.384. The predicted octanol–water partition coefficient (Wildman–Crippen LogP) is 3.55. The van der Waals surface area contributed by atoms with Crippen LogP contribution in [0.15, 0.2) is 42.5 Å². The zero-order valence-corrected chi connectivity index (χ0v) is 11.2. The molecule has 0 N–H and O–H groups in total. The Kier molecular flexibility index (Phi) is 2.75. The highest BCUT2D eigenvalue weighted by atomic mass is 16.6. The quantitative estimate of drug-likeness (QED) is 0.527. The molecule has 1 aromatic heterocycles. The number of nitro groups is 1. The number of nitrogens with zero attached hydrogens (tertiary/aromatic N) is 3. The number of hydrogen-bond donors (Lipinski definition) is 0. The largest absolute Gasteiger partial charge is 0.293 e. The van der Waals surface area contributed by atoms with Crippen LogP contribution in [0.1, 0.15) is 11.4 Å². The molecule has 0 fully saturated rings. The van der Waals surface area contributed by atoms with E-state index in [1.807, 2.05) is 48.7 Å². The first-order valence-corrected chi connectivity index (χ1v) is 6.27. The van der Waals surface area contributed by atoms with Crippen LogP contribution in [0.25, 0.3) is 16.7 Å². The second-order valence-corrected chi connectivity index (χ2v) is 4.73. The van der Waals surface area contributed by atoms with Gasteiger partial charge in [0.2, 0.25) is 0 Å². The van der Waals surface area contributed by atoms with Gasteiger partial charge in [-0.25, -0.2) is 4.98 Å². The Balaban J connectivity index is 2.36. The molecule has 100 valence electrons. The normalized spacial score (nSPS) is 10.9. The average Bonchev–Trinajstić information content (AvgIpc) is 2.74. The Morgan fingerprint density at radius 2 is 1.90 bits per heavy atom. The summed E-state index contributed by atoms with van der Waals surface area (Å²) in [6, 6.07) is 12.9. The molecule has 0 spiro atoms. The van der Waals surface area contributed by atoms with Gasteiger partial charge in [-0.05, 0) is 37.6 Å². The van der Waals surface area contributed by atoms with Gasteiger partial charge in [0, 0.05) is 6.07 Å². The molecule has 0 aliphatic carbocycles. The van der Waals surface area contributed by atoms with Crippen molar-refractivity contribution in [2.45, 2.75) is 13.8 Å². The predicted molar refractivity (Wildman–Crippen MR) is 77.2 cm³/mol. The molecular weight excluding hydrogens is 254 g/mol. The Bertz CT molecular complexity index is 821. The molecule has 0 saturated heterocycles. The van der Waals surface area contributed by atoms with E-state index in [2.05, 4.69) is 4.98 Å². The van der Waals surface area contributed by atoms with Crippen molar-refractivity contribution in [3.8, 4) is 5.69 Å². The van der Waals surface area contributed by atoms with Crippen molar-refractivity contribution in [3.63, 3.8) is 0 Å². The van der Waals surface area contributed by atoms with E-state index in [0.717, 1.165) is 22.4 Å². The fourth-order valence-electron chi connectivity index (χ4n) is 2.42. The van der Waals surface area contributed by atoms with Crippen molar-refractivity contribution >= 4 is 16.7 Å². The third-order valence-corrected chi connectivity index (χ3v) is 3.30. The van der Waals surface area contributed by atoms with Crippen molar-refractivity contribution in [1.82, 2.24) is 9.55 Å². The lowest BCUT2D eigenvalue weighted by atomic mass is 10.2. The van der Waals surface area contributed by atoms with E-state index < -0.39 is 0 Å². The molecule has 0 aliphatic heterocycles. The van der Waals surface area contributed by atoms with Crippen LogP contribution in [0.2, 0.25) is 0 Å². The van der Waals surface area contributed by atoms with Gasteiger partial charge in [-0.1, -0.05) is 18.2 Å². The fraction of sp³-hybridized carbons (Fsp3) is 0.133. The molecule has 5 heteroatoms. The Hall–Kier alpha value is -2.69. The average molecular weight is 267 g/mol. The van der Waals surface area contributed by atoms with E-state index >= 15 is 0 Å². The van der Waals surface area contributed by atoms with Crippen LogP contribution in [0.3, 0.4) is 0 Å². The molecule has 3 aromatic rings. The number of nitro benzene ring substituents is 1. The molecule has 5 nitrogen and oxygen atoms in total. The molecule has 0 bridgehead atoms. The van der Waals surface area contributed by atoms with Crippen molar-refractivity contribution in [2.24, 2.45) is 0 Å². The first-order chi connectivity index (χ1) is 9.58. The third kappa shape index (κ3) is 1.84. The second-order valence-electron chi connectivity index (χ2n) is 4.73. The van der Waals surface area contributed by atoms with Crippen molar-refractivity contribution in [1.29, 1.82) is 0 Å². The summed E-state index contributed by atoms with van der Waals surface area (Å²) in [6.45, 7) is 3.69. The summed E-state index contributed by atoms with van der Waals surface area (Å²) < 4.78 is 1.83. The van der Waals surface area contributed by atoms with Gasteiger partial charge in [0.1, 0.15) is 11.5 Å². The molecule has 0 aliphatic rings. The smallest absolute Gasteiger partial charge is 0.290 e. The van der Waals surface area contributed by atoms with E-state index in [1.165, 1.54) is 0 Å². The van der Waals surface area contributed by atoms with Gasteiger partial charge in [-0.15, -0.1) is 0 Å². The maximum atomic E-state index is 11.3. The summed E-state index contributed by atoms with van der Waals surface area (Å²) in [5.41, 5.74) is 3.21. The number of para-hydroxylation sites is 2. The van der Waals surface area contributed by atoms with Gasteiger partial charge < -0.3 is 0 Å². The maximum absolute atomic E-state index is 11.3. The number of aromatic nitrogens is 2. The van der Waals surface area contributed by atoms with E-state index in [1.54, 1.807) is 12.1 Å². The summed E-state index contributed by atoms with van der Waals surface area (Å²) in [5, 5.41) is 11.3. The molecule has 1 heterocycles. The molecule has 20 heavy (non-hydrogen) atoms. The number of rotatable bonds is 2. The van der Waals surface area contributed by atoms with Crippen LogP contribution in [0, 0.1) is 24.0 Å². The summed E-state index contributed by atoms with van der Waals surface area (Å²) in [4.78, 5) is 15.4. The number of benzene rings is 2. The zero-order chi connectivity index (χ0) is 14.3. The summed E-state index contributed by atoms with van der Waals surface area (Å²) in [5.74, 6) is 0.734. The lowest BCUT2D eigenvalue weighted by Crippen LogP contribution is -2.02. The minimum absolute atomic E-state index is 0.0938. The van der Waals surface area contributed by atoms with Crippen LogP contribution < -0.4 is 0 Å². The van der Waals surface area contributed by atoms with Crippen LogP contribution >= 0.6 is 0 Å². The van der Waals surface area contributed by atoms with Crippen molar-refractivity contribution < 1.29 is 4.92 Å². The molecule has 0 saturated carbocycles. The topological polar surface area (TPSA) is 61.0 Å². The summed E-state index contributed by atoms with van der Waals surface area (Å²) in [6.07, 6.45) is 0. The van der Waals surface area contributed by atoms with Crippen LogP contribution in [0.4, 0.5) is 5.69 Å². The SMILES string of the molecule is Cc1ccc(-n2c(C)nc3ccccc32)c([N+](=O)[O-])c1. The van der Waals surface area contributed by atoms with Gasteiger partial charge in [0.05, 0.1) is 16.0 Å². The zero-order valence-electron chi connectivity index (χ0n) is 11.2. The third-order valence-electron chi connectivity index (χ3n) is 3.30. The Labute approximate surface area is 115 Å². The second kappa shape index (κ2) is 4.45. The summed E-state index contributed by atoms with van der Waals surface area (Å²) >= 11 is 0. The molecule has 0 unspecified atom stereocenters. The molecular formula is C15H13N3O2. The first-order valence-electron chi connectivity index (χ1n) is 6.27. The van der Waals surface area contributed by atoms with Crippen LogP contribution in [0.5, 0.6) is 0 Å². The minimum Gasteiger partial charge on any atom is -0.290 e. The molecule has 0 radical (unpaired) electrons. The monoisotopic (exact) mass is 267 g/mol. The van der Waals surface area contributed by atoms with E-state index in [-0.39, 0.29) is 10.6 Å². The molecule has 2 aromatic carbocycles. The highest BCUT2D eigenvalue weighted by molar-refractivity contribution is 5.79. The molecule has 0 atom stereocenters. The van der Waals surface area contributed by atoms with Crippen LogP contribution in [-0.4, -0.2) is 14.5 Å². The number of imidazole rings is 1. The van der Waals surface area contributed by atoms with Crippen LogP contribution in [-0.2, 0) is 0 Å². The maximum Gasteiger partial charge on any atom is 0.293 e. The summed E-state index contributed by atoms with van der Waals surface area (Å²) in [7, 11) is 0. The van der Waals surface area contributed by atoms with E-state index in [4.69, 9.17) is 0 Å². The van der Waals surface area contributed by atoms with E-state index in [9.17, 15) is 10.1 Å². The highest BCUT2D eigenvalue weighted by Crippen LogP contribution is 2.28. The van der Waals surface area contributed by atoms with Crippen molar-refractivity contribution in [2.75, 3.05) is 0 Å². The van der Waals surface area contributed by atoms with Gasteiger partial charge in [0.15, 0.2) is 0 Å². The van der Waals surface area contributed by atoms with Gasteiger partial charge in [-0.2, -0.15) is 0 Å². The fourth-order valence-corrected chi connectivity index (χ4v) is 2.42. The first kappa shape index (κ1) is 12.3. The number of aryl methyl sites for hydroxylation is 2. The minimum atomic E-state index is -0.351. The molecule has 0 amide bonds. The van der Waals surface area contributed by atoms with Gasteiger partial charge in [-0.3, -0.25) is 14.7 Å². The van der Waals surface area contributed by atoms with Crippen molar-refractivity contribution in [3.05, 3.63) is 64.0 Å². The Morgan fingerprint density at radius 1 is 1.15 bits per heavy atom. The number of fused-ring (bicyclic) bond motifs is 1. The standard InChI is InChI=1S/C15H13N3O2/c1-10-7-8-14(15(9-10)18(19)20)17-11(2)16-12-5-3-4-6-13(12)17/h3-9H,1-2H3. The van der Waals surface area contributed by atoms with Gasteiger partial charge in [0.25, 0.3) is 5.69 Å².